The lowest BCUT2D eigenvalue weighted by Gasteiger charge is -2.29. The first-order chi connectivity index (χ1) is 22.6. The Morgan fingerprint density at radius 2 is 1.45 bits per heavy atom. The van der Waals surface area contributed by atoms with Crippen molar-refractivity contribution in [2.75, 3.05) is 24.2 Å². The summed E-state index contributed by atoms with van der Waals surface area (Å²) >= 11 is 1.70. The van der Waals surface area contributed by atoms with E-state index in [-0.39, 0.29) is 36.0 Å². The van der Waals surface area contributed by atoms with E-state index in [9.17, 15) is 19.5 Å². The molecule has 0 radical (unpaired) electrons. The normalized spacial score (nSPS) is 13.1. The van der Waals surface area contributed by atoms with Crippen molar-refractivity contribution in [3.63, 3.8) is 0 Å². The number of phenols is 1. The van der Waals surface area contributed by atoms with E-state index in [1.165, 1.54) is 18.2 Å². The van der Waals surface area contributed by atoms with Gasteiger partial charge in [-0.3, -0.25) is 4.79 Å². The summed E-state index contributed by atoms with van der Waals surface area (Å²) in [6.45, 7) is 11.2. The van der Waals surface area contributed by atoms with Crippen LogP contribution in [0.5, 0.6) is 5.75 Å². The monoisotopic (exact) mass is 667 g/mol. The minimum absolute atomic E-state index is 0.0334. The number of nitrogens with one attached hydrogen (secondary N) is 3. The maximum Gasteiger partial charge on any atom is 0.339 e. The van der Waals surface area contributed by atoms with Crippen LogP contribution in [0.25, 0.3) is 0 Å². The van der Waals surface area contributed by atoms with Gasteiger partial charge in [-0.25, -0.2) is 9.59 Å². The SMILES string of the molecule is CC/C=C\C/C=C\C/C=C\C(/C=C\C/C=C\CCCSC(CC)(CC)C(=O)NCCNC(=O)Nc1ccc(O)c(C(=O)O)c1)C(C)C. The minimum atomic E-state index is -1.29. The van der Waals surface area contributed by atoms with Gasteiger partial charge in [0.25, 0.3) is 0 Å². The lowest BCUT2D eigenvalue weighted by atomic mass is 9.94. The van der Waals surface area contributed by atoms with Crippen molar-refractivity contribution in [1.82, 2.24) is 10.6 Å². The Hall–Kier alpha value is -3.72. The molecule has 0 aliphatic heterocycles. The number of urea groups is 1. The molecule has 1 aromatic carbocycles. The van der Waals surface area contributed by atoms with E-state index in [4.69, 9.17) is 5.11 Å². The third-order valence-corrected chi connectivity index (χ3v) is 9.48. The standard InChI is InChI=1S/C38H57N3O5S/c1-6-9-10-11-12-13-16-19-22-31(30(4)5)23-20-17-14-15-18-21-28-47-38(7-2,8-3)36(45)39-26-27-40-37(46)41-32-24-25-34(42)33(29-32)35(43)44/h9-10,12-15,19-20,22-25,29-31,42H,6-8,11,16-18,21,26-28H2,1-5H3,(H,39,45)(H,43,44)(H2,40,41,46)/b10-9-,13-12-,15-14-,22-19-,23-20-. The molecule has 3 amide bonds. The number of carbonyl (C=O) groups excluding carboxylic acids is 2. The molecular weight excluding hydrogens is 611 g/mol. The summed E-state index contributed by atoms with van der Waals surface area (Å²) in [5.41, 5.74) is -0.0702. The molecule has 0 aliphatic rings. The van der Waals surface area contributed by atoms with Crippen molar-refractivity contribution in [2.45, 2.75) is 90.7 Å². The number of amides is 3. The number of hydrogen-bond donors (Lipinski definition) is 5. The Bertz CT molecular complexity index is 1230. The highest BCUT2D eigenvalue weighted by atomic mass is 32.2. The molecule has 0 aliphatic carbocycles. The second-order valence-corrected chi connectivity index (χ2v) is 13.1. The van der Waals surface area contributed by atoms with Crippen LogP contribution in [-0.4, -0.2) is 51.7 Å². The van der Waals surface area contributed by atoms with E-state index >= 15 is 0 Å². The van der Waals surface area contributed by atoms with Gasteiger partial charge in [0.2, 0.25) is 5.91 Å². The number of anilines is 1. The quantitative estimate of drug-likeness (QED) is 0.0450. The van der Waals surface area contributed by atoms with Gasteiger partial charge in [0.1, 0.15) is 11.3 Å². The van der Waals surface area contributed by atoms with Crippen molar-refractivity contribution in [2.24, 2.45) is 11.8 Å². The molecule has 8 nitrogen and oxygen atoms in total. The average molecular weight is 668 g/mol. The van der Waals surface area contributed by atoms with E-state index in [0.29, 0.717) is 24.7 Å². The topological polar surface area (TPSA) is 128 Å². The number of carbonyl (C=O) groups is 3. The fourth-order valence-corrected chi connectivity index (χ4v) is 5.98. The second kappa shape index (κ2) is 24.5. The molecule has 0 saturated heterocycles. The summed E-state index contributed by atoms with van der Waals surface area (Å²) in [6, 6.07) is 3.25. The van der Waals surface area contributed by atoms with Gasteiger partial charge in [-0.05, 0) is 87.2 Å². The highest BCUT2D eigenvalue weighted by molar-refractivity contribution is 8.01. The number of allylic oxidation sites excluding steroid dienone is 10. The molecule has 0 spiro atoms. The van der Waals surface area contributed by atoms with Gasteiger partial charge >= 0.3 is 12.0 Å². The van der Waals surface area contributed by atoms with Crippen molar-refractivity contribution in [3.8, 4) is 5.75 Å². The zero-order chi connectivity index (χ0) is 34.9. The molecule has 0 heterocycles. The van der Waals surface area contributed by atoms with Gasteiger partial charge in [-0.2, -0.15) is 0 Å². The number of aromatic hydroxyl groups is 1. The Labute approximate surface area is 287 Å². The number of carboxylic acid groups (broad SMARTS) is 1. The first kappa shape index (κ1) is 41.3. The third kappa shape index (κ3) is 17.1. The van der Waals surface area contributed by atoms with Crippen LogP contribution in [0.15, 0.2) is 79.0 Å². The number of hydrogen-bond acceptors (Lipinski definition) is 5. The lowest BCUT2D eigenvalue weighted by Crippen LogP contribution is -2.46. The van der Waals surface area contributed by atoms with E-state index in [0.717, 1.165) is 44.3 Å². The van der Waals surface area contributed by atoms with Gasteiger partial charge in [0.15, 0.2) is 0 Å². The maximum atomic E-state index is 13.1. The molecule has 0 bridgehead atoms. The third-order valence-electron chi connectivity index (χ3n) is 7.67. The summed E-state index contributed by atoms with van der Waals surface area (Å²) in [5, 5.41) is 26.9. The Balaban J connectivity index is 2.38. The smallest absolute Gasteiger partial charge is 0.339 e. The lowest BCUT2D eigenvalue weighted by molar-refractivity contribution is -0.123. The average Bonchev–Trinajstić information content (AvgIpc) is 3.05. The van der Waals surface area contributed by atoms with Gasteiger partial charge in [-0.1, -0.05) is 95.4 Å². The number of unbranched alkanes of at least 4 members (excludes halogenated alkanes) is 1. The van der Waals surface area contributed by atoms with Crippen LogP contribution in [-0.2, 0) is 4.79 Å². The number of thioether (sulfide) groups is 1. The summed E-state index contributed by atoms with van der Waals surface area (Å²) in [6.07, 6.45) is 29.7. The van der Waals surface area contributed by atoms with Crippen molar-refractivity contribution < 1.29 is 24.6 Å². The molecule has 0 fully saturated rings. The molecular formula is C38H57N3O5S. The highest BCUT2D eigenvalue weighted by Gasteiger charge is 2.34. The van der Waals surface area contributed by atoms with E-state index < -0.39 is 16.7 Å². The predicted octanol–water partition coefficient (Wildman–Crippen LogP) is 9.03. The molecule has 1 aromatic rings. The molecule has 0 saturated carbocycles. The van der Waals surface area contributed by atoms with E-state index in [2.05, 4.69) is 97.5 Å². The Kier molecular flexibility index (Phi) is 21.5. The fourth-order valence-electron chi connectivity index (χ4n) is 4.67. The summed E-state index contributed by atoms with van der Waals surface area (Å²) in [5.74, 6) is 0.157. The summed E-state index contributed by atoms with van der Waals surface area (Å²) < 4.78 is -0.519. The second-order valence-electron chi connectivity index (χ2n) is 11.6. The summed E-state index contributed by atoms with van der Waals surface area (Å²) in [4.78, 5) is 36.5. The molecule has 5 N–H and O–H groups in total. The van der Waals surface area contributed by atoms with Crippen molar-refractivity contribution in [3.05, 3.63) is 84.5 Å². The van der Waals surface area contributed by atoms with Crippen LogP contribution in [0.4, 0.5) is 10.5 Å². The van der Waals surface area contributed by atoms with Gasteiger partial charge in [0.05, 0.1) is 4.75 Å². The van der Waals surface area contributed by atoms with Crippen LogP contribution in [0, 0.1) is 11.8 Å². The number of rotatable bonds is 23. The van der Waals surface area contributed by atoms with Crippen LogP contribution in [0.2, 0.25) is 0 Å². The van der Waals surface area contributed by atoms with Gasteiger partial charge in [0, 0.05) is 18.8 Å². The van der Waals surface area contributed by atoms with E-state index in [1.807, 2.05) is 13.8 Å². The van der Waals surface area contributed by atoms with Crippen LogP contribution in [0.3, 0.4) is 0 Å². The van der Waals surface area contributed by atoms with Crippen molar-refractivity contribution in [1.29, 1.82) is 0 Å². The first-order valence-corrected chi connectivity index (χ1v) is 17.9. The minimum Gasteiger partial charge on any atom is -0.507 e. The van der Waals surface area contributed by atoms with Crippen molar-refractivity contribution >= 4 is 35.4 Å². The summed E-state index contributed by atoms with van der Waals surface area (Å²) in [7, 11) is 0. The zero-order valence-electron chi connectivity index (χ0n) is 29.0. The largest absolute Gasteiger partial charge is 0.507 e. The van der Waals surface area contributed by atoms with E-state index in [1.54, 1.807) is 11.8 Å². The Morgan fingerprint density at radius 3 is 2.04 bits per heavy atom. The maximum absolute atomic E-state index is 13.1. The molecule has 0 aromatic heterocycles. The fraction of sp³-hybridized carbons (Fsp3) is 0.500. The van der Waals surface area contributed by atoms with Crippen LogP contribution in [0.1, 0.15) is 96.3 Å². The predicted molar refractivity (Wildman–Crippen MR) is 198 cm³/mol. The number of benzene rings is 1. The molecule has 9 heteroatoms. The van der Waals surface area contributed by atoms with Gasteiger partial charge < -0.3 is 26.2 Å². The first-order valence-electron chi connectivity index (χ1n) is 16.9. The molecule has 1 unspecified atom stereocenters. The number of carboxylic acids is 1. The molecule has 47 heavy (non-hydrogen) atoms. The molecule has 1 atom stereocenters. The van der Waals surface area contributed by atoms with Gasteiger partial charge in [-0.15, -0.1) is 11.8 Å². The van der Waals surface area contributed by atoms with Crippen LogP contribution < -0.4 is 16.0 Å². The zero-order valence-corrected chi connectivity index (χ0v) is 29.8. The number of aromatic carboxylic acids is 1. The molecule has 260 valence electrons. The van der Waals surface area contributed by atoms with Crippen LogP contribution >= 0.6 is 11.8 Å². The Morgan fingerprint density at radius 1 is 0.851 bits per heavy atom. The molecule has 1 rings (SSSR count). The highest BCUT2D eigenvalue weighted by Crippen LogP contribution is 2.33.